The zero-order valence-corrected chi connectivity index (χ0v) is 10.1. The topological polar surface area (TPSA) is 66.4 Å². The maximum absolute atomic E-state index is 12.7. The molecule has 4 nitrogen and oxygen atoms in total. The first kappa shape index (κ1) is 14.3. The maximum atomic E-state index is 12.7. The lowest BCUT2D eigenvalue weighted by molar-refractivity contribution is -0.137. The quantitative estimate of drug-likeness (QED) is 0.575. The third kappa shape index (κ3) is 4.63. The molecule has 0 aliphatic carbocycles. The molecule has 0 aliphatic heterocycles. The summed E-state index contributed by atoms with van der Waals surface area (Å²) in [6, 6.07) is 4.94. The molecule has 0 saturated heterocycles. The number of Topliss-reactive ketones (excluding diaryl/α,β-unsaturated/α-hetero) is 1. The smallest absolute Gasteiger partial charge is 0.303 e. The van der Waals surface area contributed by atoms with E-state index in [1.807, 2.05) is 0 Å². The second-order valence-electron chi connectivity index (χ2n) is 4.04. The first-order valence-corrected chi connectivity index (χ1v) is 5.75. The van der Waals surface area contributed by atoms with Crippen molar-refractivity contribution < 1.29 is 19.1 Å². The molecular formula is C13H16FNO3. The van der Waals surface area contributed by atoms with Crippen LogP contribution in [0.5, 0.6) is 0 Å². The molecule has 2 N–H and O–H groups in total. The molecule has 1 atom stereocenters. The van der Waals surface area contributed by atoms with E-state index in [0.29, 0.717) is 18.5 Å². The maximum Gasteiger partial charge on any atom is 0.303 e. The SMILES string of the molecule is CC(NCCCC(=O)O)C(=O)c1ccc(F)cc1. The molecule has 5 heteroatoms. The molecule has 98 valence electrons. The van der Waals surface area contributed by atoms with Crippen molar-refractivity contribution in [3.05, 3.63) is 35.6 Å². The summed E-state index contributed by atoms with van der Waals surface area (Å²) in [6.07, 6.45) is 0.542. The number of carboxylic acid groups (broad SMARTS) is 1. The van der Waals surface area contributed by atoms with Crippen molar-refractivity contribution in [3.8, 4) is 0 Å². The lowest BCUT2D eigenvalue weighted by Crippen LogP contribution is -2.34. The van der Waals surface area contributed by atoms with Gasteiger partial charge in [-0.3, -0.25) is 9.59 Å². The van der Waals surface area contributed by atoms with Crippen molar-refractivity contribution >= 4 is 11.8 Å². The largest absolute Gasteiger partial charge is 0.481 e. The average molecular weight is 253 g/mol. The number of carboxylic acids is 1. The van der Waals surface area contributed by atoms with Gasteiger partial charge in [0.15, 0.2) is 5.78 Å². The van der Waals surface area contributed by atoms with Crippen molar-refractivity contribution in [2.75, 3.05) is 6.54 Å². The van der Waals surface area contributed by atoms with Crippen LogP contribution >= 0.6 is 0 Å². The summed E-state index contributed by atoms with van der Waals surface area (Å²) in [6.45, 7) is 2.16. The highest BCUT2D eigenvalue weighted by Gasteiger charge is 2.14. The monoisotopic (exact) mass is 253 g/mol. The number of aliphatic carboxylic acids is 1. The Labute approximate surface area is 105 Å². The fourth-order valence-electron chi connectivity index (χ4n) is 1.52. The number of hydrogen-bond donors (Lipinski definition) is 2. The van der Waals surface area contributed by atoms with E-state index in [1.165, 1.54) is 24.3 Å². The number of benzene rings is 1. The van der Waals surface area contributed by atoms with E-state index in [-0.39, 0.29) is 18.0 Å². The van der Waals surface area contributed by atoms with Gasteiger partial charge >= 0.3 is 5.97 Å². The van der Waals surface area contributed by atoms with Gasteiger partial charge in [-0.15, -0.1) is 0 Å². The van der Waals surface area contributed by atoms with Crippen molar-refractivity contribution in [3.63, 3.8) is 0 Å². The normalized spacial score (nSPS) is 12.1. The molecule has 1 rings (SSSR count). The summed E-state index contributed by atoms with van der Waals surface area (Å²) in [7, 11) is 0. The summed E-state index contributed by atoms with van der Waals surface area (Å²) >= 11 is 0. The van der Waals surface area contributed by atoms with Gasteiger partial charge in [0.2, 0.25) is 0 Å². The van der Waals surface area contributed by atoms with Crippen LogP contribution in [0, 0.1) is 5.82 Å². The van der Waals surface area contributed by atoms with Crippen LogP contribution in [0.15, 0.2) is 24.3 Å². The molecule has 0 aromatic heterocycles. The molecule has 0 bridgehead atoms. The molecule has 1 unspecified atom stereocenters. The summed E-state index contributed by atoms with van der Waals surface area (Å²) in [4.78, 5) is 22.2. The summed E-state index contributed by atoms with van der Waals surface area (Å²) < 4.78 is 12.7. The average Bonchev–Trinajstić information content (AvgIpc) is 2.34. The van der Waals surface area contributed by atoms with Crippen molar-refractivity contribution in [2.24, 2.45) is 0 Å². The standard InChI is InChI=1S/C13H16FNO3/c1-9(15-8-2-3-12(16)17)13(18)10-4-6-11(14)7-5-10/h4-7,9,15H,2-3,8H2,1H3,(H,16,17). The lowest BCUT2D eigenvalue weighted by Gasteiger charge is -2.12. The minimum Gasteiger partial charge on any atom is -0.481 e. The molecule has 18 heavy (non-hydrogen) atoms. The van der Waals surface area contributed by atoms with Crippen LogP contribution in [0.3, 0.4) is 0 Å². The molecule has 0 amide bonds. The number of carbonyl (C=O) groups excluding carboxylic acids is 1. The molecule has 0 heterocycles. The first-order chi connectivity index (χ1) is 8.50. The number of ketones is 1. The Morgan fingerprint density at radius 1 is 1.33 bits per heavy atom. The summed E-state index contributed by atoms with van der Waals surface area (Å²) in [5.41, 5.74) is 0.439. The third-order valence-electron chi connectivity index (χ3n) is 2.54. The molecule has 1 aromatic carbocycles. The molecule has 0 saturated carbocycles. The van der Waals surface area contributed by atoms with Gasteiger partial charge in [-0.05, 0) is 44.2 Å². The Morgan fingerprint density at radius 2 is 1.94 bits per heavy atom. The predicted molar refractivity (Wildman–Crippen MR) is 65.1 cm³/mol. The van der Waals surface area contributed by atoms with Gasteiger partial charge < -0.3 is 10.4 Å². The predicted octanol–water partition coefficient (Wildman–Crippen LogP) is 1.85. The van der Waals surface area contributed by atoms with E-state index in [0.717, 1.165) is 0 Å². The second-order valence-corrected chi connectivity index (χ2v) is 4.04. The van der Waals surface area contributed by atoms with E-state index in [9.17, 15) is 14.0 Å². The Morgan fingerprint density at radius 3 is 2.50 bits per heavy atom. The van der Waals surface area contributed by atoms with E-state index in [1.54, 1.807) is 6.92 Å². The Bertz CT molecular complexity index is 417. The van der Waals surface area contributed by atoms with E-state index < -0.39 is 12.0 Å². The highest BCUT2D eigenvalue weighted by molar-refractivity contribution is 5.99. The van der Waals surface area contributed by atoms with Gasteiger partial charge in [-0.25, -0.2) is 4.39 Å². The number of hydrogen-bond acceptors (Lipinski definition) is 3. The highest BCUT2D eigenvalue weighted by atomic mass is 19.1. The Balaban J connectivity index is 2.41. The van der Waals surface area contributed by atoms with Gasteiger partial charge in [-0.1, -0.05) is 0 Å². The van der Waals surface area contributed by atoms with E-state index >= 15 is 0 Å². The van der Waals surface area contributed by atoms with Crippen LogP contribution < -0.4 is 5.32 Å². The van der Waals surface area contributed by atoms with Crippen LogP contribution in [0.2, 0.25) is 0 Å². The molecule has 0 aliphatic rings. The van der Waals surface area contributed by atoms with Crippen LogP contribution in [-0.4, -0.2) is 29.4 Å². The van der Waals surface area contributed by atoms with Gasteiger partial charge in [0.05, 0.1) is 6.04 Å². The fraction of sp³-hybridized carbons (Fsp3) is 0.385. The van der Waals surface area contributed by atoms with Crippen LogP contribution in [0.1, 0.15) is 30.1 Å². The van der Waals surface area contributed by atoms with Crippen molar-refractivity contribution in [2.45, 2.75) is 25.8 Å². The van der Waals surface area contributed by atoms with Gasteiger partial charge in [-0.2, -0.15) is 0 Å². The molecule has 0 spiro atoms. The van der Waals surface area contributed by atoms with Gasteiger partial charge in [0.1, 0.15) is 5.82 Å². The zero-order chi connectivity index (χ0) is 13.5. The number of carbonyl (C=O) groups is 2. The first-order valence-electron chi connectivity index (χ1n) is 5.75. The van der Waals surface area contributed by atoms with E-state index in [2.05, 4.69) is 5.32 Å². The van der Waals surface area contributed by atoms with Crippen LogP contribution in [0.25, 0.3) is 0 Å². The fourth-order valence-corrected chi connectivity index (χ4v) is 1.52. The number of halogens is 1. The van der Waals surface area contributed by atoms with Crippen molar-refractivity contribution in [1.29, 1.82) is 0 Å². The van der Waals surface area contributed by atoms with Gasteiger partial charge in [0, 0.05) is 12.0 Å². The highest BCUT2D eigenvalue weighted by Crippen LogP contribution is 2.06. The summed E-state index contributed by atoms with van der Waals surface area (Å²) in [5.74, 6) is -1.37. The molecule has 1 aromatic rings. The Kier molecular flexibility index (Phi) is 5.45. The van der Waals surface area contributed by atoms with Gasteiger partial charge in [0.25, 0.3) is 0 Å². The Hall–Kier alpha value is -1.75. The molecular weight excluding hydrogens is 237 g/mol. The lowest BCUT2D eigenvalue weighted by atomic mass is 10.1. The number of nitrogens with one attached hydrogen (secondary N) is 1. The second kappa shape index (κ2) is 6.86. The molecule has 0 radical (unpaired) electrons. The summed E-state index contributed by atoms with van der Waals surface area (Å²) in [5, 5.41) is 11.4. The third-order valence-corrected chi connectivity index (χ3v) is 2.54. The van der Waals surface area contributed by atoms with Crippen LogP contribution in [-0.2, 0) is 4.79 Å². The minimum absolute atomic E-state index is 0.0739. The zero-order valence-electron chi connectivity index (χ0n) is 10.1. The van der Waals surface area contributed by atoms with Crippen molar-refractivity contribution in [1.82, 2.24) is 5.32 Å². The van der Waals surface area contributed by atoms with Crippen LogP contribution in [0.4, 0.5) is 4.39 Å². The van der Waals surface area contributed by atoms with E-state index in [4.69, 9.17) is 5.11 Å². The minimum atomic E-state index is -0.852. The molecule has 0 fully saturated rings. The number of rotatable bonds is 7.